The van der Waals surface area contributed by atoms with Crippen LogP contribution in [0.3, 0.4) is 0 Å². The Bertz CT molecular complexity index is 805. The molecule has 6 heteroatoms. The monoisotopic (exact) mass is 367 g/mol. The maximum absolute atomic E-state index is 12.5. The van der Waals surface area contributed by atoms with Gasteiger partial charge in [0, 0.05) is 12.2 Å². The standard InChI is InChI=1S/C21H25N3O3/c1-3-12-22-21(26)19-13-24(17-6-4-5-7-18(17)27-19)14-20(25)23-16-10-8-15(2)9-11-16/h4-11,19H,3,12-14H2,1-2H3,(H,22,26)(H,23,25). The van der Waals surface area contributed by atoms with E-state index in [0.717, 1.165) is 23.4 Å². The number of anilines is 2. The molecular formula is C21H25N3O3. The molecule has 27 heavy (non-hydrogen) atoms. The zero-order valence-corrected chi connectivity index (χ0v) is 15.7. The minimum Gasteiger partial charge on any atom is -0.477 e. The quantitative estimate of drug-likeness (QED) is 0.824. The number of nitrogens with zero attached hydrogens (tertiary/aromatic N) is 1. The van der Waals surface area contributed by atoms with Crippen molar-refractivity contribution >= 4 is 23.2 Å². The number of hydrogen-bond donors (Lipinski definition) is 2. The van der Waals surface area contributed by atoms with Gasteiger partial charge in [-0.2, -0.15) is 0 Å². The molecule has 1 heterocycles. The molecule has 1 atom stereocenters. The van der Waals surface area contributed by atoms with Crippen molar-refractivity contribution in [1.29, 1.82) is 0 Å². The average Bonchev–Trinajstić information content (AvgIpc) is 2.67. The van der Waals surface area contributed by atoms with Gasteiger partial charge in [-0.3, -0.25) is 9.59 Å². The summed E-state index contributed by atoms with van der Waals surface area (Å²) in [7, 11) is 0. The van der Waals surface area contributed by atoms with Gasteiger partial charge in [0.2, 0.25) is 5.91 Å². The average molecular weight is 367 g/mol. The van der Waals surface area contributed by atoms with Crippen LogP contribution in [-0.4, -0.2) is 37.6 Å². The predicted molar refractivity (Wildman–Crippen MR) is 106 cm³/mol. The molecule has 0 aromatic heterocycles. The van der Waals surface area contributed by atoms with Gasteiger partial charge in [0.15, 0.2) is 6.10 Å². The van der Waals surface area contributed by atoms with Gasteiger partial charge >= 0.3 is 0 Å². The van der Waals surface area contributed by atoms with E-state index in [9.17, 15) is 9.59 Å². The highest BCUT2D eigenvalue weighted by molar-refractivity contribution is 5.95. The van der Waals surface area contributed by atoms with E-state index >= 15 is 0 Å². The molecular weight excluding hydrogens is 342 g/mol. The molecule has 0 radical (unpaired) electrons. The van der Waals surface area contributed by atoms with Gasteiger partial charge in [0.1, 0.15) is 5.75 Å². The normalized spacial score (nSPS) is 15.5. The first-order valence-electron chi connectivity index (χ1n) is 9.21. The van der Waals surface area contributed by atoms with Gasteiger partial charge in [0.25, 0.3) is 5.91 Å². The second kappa shape index (κ2) is 8.58. The summed E-state index contributed by atoms with van der Waals surface area (Å²) < 4.78 is 5.85. The number of para-hydroxylation sites is 2. The first kappa shape index (κ1) is 18.8. The smallest absolute Gasteiger partial charge is 0.262 e. The van der Waals surface area contributed by atoms with E-state index in [1.165, 1.54) is 0 Å². The molecule has 2 aromatic rings. The van der Waals surface area contributed by atoms with E-state index in [1.807, 2.05) is 67.3 Å². The Morgan fingerprint density at radius 1 is 1.15 bits per heavy atom. The number of aryl methyl sites for hydroxylation is 1. The minimum atomic E-state index is -0.640. The van der Waals surface area contributed by atoms with Crippen molar-refractivity contribution in [2.24, 2.45) is 0 Å². The predicted octanol–water partition coefficient (Wildman–Crippen LogP) is 2.73. The minimum absolute atomic E-state index is 0.136. The van der Waals surface area contributed by atoms with Crippen LogP contribution in [0.5, 0.6) is 5.75 Å². The van der Waals surface area contributed by atoms with Gasteiger partial charge in [0.05, 0.1) is 18.8 Å². The van der Waals surface area contributed by atoms with Crippen LogP contribution in [0.15, 0.2) is 48.5 Å². The molecule has 0 saturated carbocycles. The van der Waals surface area contributed by atoms with Gasteiger partial charge in [-0.15, -0.1) is 0 Å². The molecule has 2 amide bonds. The summed E-state index contributed by atoms with van der Waals surface area (Å²) in [6.07, 6.45) is 0.219. The number of fused-ring (bicyclic) bond motifs is 1. The Kier molecular flexibility index (Phi) is 5.96. The molecule has 0 bridgehead atoms. The number of ether oxygens (including phenoxy) is 1. The third-order valence-corrected chi connectivity index (χ3v) is 4.37. The Balaban J connectivity index is 1.71. The summed E-state index contributed by atoms with van der Waals surface area (Å²) in [6, 6.07) is 15.1. The molecule has 1 unspecified atom stereocenters. The molecule has 0 aliphatic carbocycles. The molecule has 6 nitrogen and oxygen atoms in total. The summed E-state index contributed by atoms with van der Waals surface area (Å²) in [5.74, 6) is 0.321. The third-order valence-electron chi connectivity index (χ3n) is 4.37. The van der Waals surface area contributed by atoms with Gasteiger partial charge in [-0.1, -0.05) is 36.8 Å². The highest BCUT2D eigenvalue weighted by atomic mass is 16.5. The SMILES string of the molecule is CCCNC(=O)C1CN(CC(=O)Nc2ccc(C)cc2)c2ccccc2O1. The molecule has 3 rings (SSSR count). The Morgan fingerprint density at radius 2 is 1.89 bits per heavy atom. The van der Waals surface area contributed by atoms with Crippen LogP contribution in [0.2, 0.25) is 0 Å². The zero-order chi connectivity index (χ0) is 19.2. The number of carbonyl (C=O) groups is 2. The van der Waals surface area contributed by atoms with Crippen molar-refractivity contribution in [3.8, 4) is 5.75 Å². The molecule has 2 N–H and O–H groups in total. The lowest BCUT2D eigenvalue weighted by Crippen LogP contribution is -2.50. The fraction of sp³-hybridized carbons (Fsp3) is 0.333. The number of rotatable bonds is 6. The number of benzene rings is 2. The summed E-state index contributed by atoms with van der Waals surface area (Å²) in [5.41, 5.74) is 2.71. The molecule has 0 spiro atoms. The zero-order valence-electron chi connectivity index (χ0n) is 15.7. The largest absolute Gasteiger partial charge is 0.477 e. The van der Waals surface area contributed by atoms with E-state index in [0.29, 0.717) is 18.8 Å². The van der Waals surface area contributed by atoms with Crippen LogP contribution in [0.1, 0.15) is 18.9 Å². The summed E-state index contributed by atoms with van der Waals surface area (Å²) >= 11 is 0. The third kappa shape index (κ3) is 4.78. The van der Waals surface area contributed by atoms with E-state index in [-0.39, 0.29) is 18.4 Å². The second-order valence-corrected chi connectivity index (χ2v) is 6.66. The first-order chi connectivity index (χ1) is 13.1. The maximum Gasteiger partial charge on any atom is 0.262 e. The maximum atomic E-state index is 12.5. The highest BCUT2D eigenvalue weighted by Gasteiger charge is 2.31. The number of amides is 2. The van der Waals surface area contributed by atoms with Crippen molar-refractivity contribution < 1.29 is 14.3 Å². The molecule has 0 fully saturated rings. The fourth-order valence-corrected chi connectivity index (χ4v) is 2.97. The van der Waals surface area contributed by atoms with Crippen LogP contribution < -0.4 is 20.3 Å². The Labute approximate surface area is 159 Å². The number of nitrogens with one attached hydrogen (secondary N) is 2. The van der Waals surface area contributed by atoms with E-state index in [1.54, 1.807) is 0 Å². The molecule has 1 aliphatic rings. The first-order valence-corrected chi connectivity index (χ1v) is 9.21. The lowest BCUT2D eigenvalue weighted by molar-refractivity contribution is -0.128. The van der Waals surface area contributed by atoms with E-state index in [2.05, 4.69) is 10.6 Å². The van der Waals surface area contributed by atoms with Crippen LogP contribution in [0.25, 0.3) is 0 Å². The second-order valence-electron chi connectivity index (χ2n) is 6.66. The Hall–Kier alpha value is -3.02. The van der Waals surface area contributed by atoms with E-state index < -0.39 is 6.10 Å². The summed E-state index contributed by atoms with van der Waals surface area (Å²) in [5, 5.41) is 5.76. The van der Waals surface area contributed by atoms with Gasteiger partial charge in [-0.05, 0) is 37.6 Å². The van der Waals surface area contributed by atoms with Crippen molar-refractivity contribution in [2.75, 3.05) is 29.9 Å². The lowest BCUT2D eigenvalue weighted by Gasteiger charge is -2.35. The summed E-state index contributed by atoms with van der Waals surface area (Å²) in [4.78, 5) is 26.8. The molecule has 1 aliphatic heterocycles. The number of hydrogen-bond acceptors (Lipinski definition) is 4. The topological polar surface area (TPSA) is 70.7 Å². The van der Waals surface area contributed by atoms with Crippen molar-refractivity contribution in [3.05, 3.63) is 54.1 Å². The van der Waals surface area contributed by atoms with E-state index in [4.69, 9.17) is 4.74 Å². The fourth-order valence-electron chi connectivity index (χ4n) is 2.97. The lowest BCUT2D eigenvalue weighted by atomic mass is 10.1. The van der Waals surface area contributed by atoms with Crippen molar-refractivity contribution in [3.63, 3.8) is 0 Å². The Morgan fingerprint density at radius 3 is 2.63 bits per heavy atom. The summed E-state index contributed by atoms with van der Waals surface area (Å²) in [6.45, 7) is 5.08. The van der Waals surface area contributed by atoms with Crippen molar-refractivity contribution in [2.45, 2.75) is 26.4 Å². The molecule has 142 valence electrons. The molecule has 2 aromatic carbocycles. The molecule has 0 saturated heterocycles. The van der Waals surface area contributed by atoms with Gasteiger partial charge < -0.3 is 20.3 Å². The van der Waals surface area contributed by atoms with Crippen LogP contribution >= 0.6 is 0 Å². The van der Waals surface area contributed by atoms with Gasteiger partial charge in [-0.25, -0.2) is 0 Å². The van der Waals surface area contributed by atoms with Crippen LogP contribution in [0, 0.1) is 6.92 Å². The highest BCUT2D eigenvalue weighted by Crippen LogP contribution is 2.33. The van der Waals surface area contributed by atoms with Crippen LogP contribution in [-0.2, 0) is 9.59 Å². The van der Waals surface area contributed by atoms with Crippen molar-refractivity contribution in [1.82, 2.24) is 5.32 Å². The number of carbonyl (C=O) groups excluding carboxylic acids is 2. The van der Waals surface area contributed by atoms with Crippen LogP contribution in [0.4, 0.5) is 11.4 Å².